The Morgan fingerprint density at radius 2 is 1.93 bits per heavy atom. The Labute approximate surface area is 176 Å². The van der Waals surface area contributed by atoms with Gasteiger partial charge >= 0.3 is 7.41 Å². The third-order valence-corrected chi connectivity index (χ3v) is 4.81. The van der Waals surface area contributed by atoms with Crippen LogP contribution in [0.3, 0.4) is 0 Å². The van der Waals surface area contributed by atoms with Gasteiger partial charge in [0.2, 0.25) is 0 Å². The molecule has 9 heteroatoms. The summed E-state index contributed by atoms with van der Waals surface area (Å²) in [5.41, 5.74) is 4.19. The lowest BCUT2D eigenvalue weighted by molar-refractivity contribution is 0.0356. The fourth-order valence-electron chi connectivity index (χ4n) is 3.15. The van der Waals surface area contributed by atoms with E-state index in [0.29, 0.717) is 27.9 Å². The van der Waals surface area contributed by atoms with Crippen LogP contribution >= 0.6 is 0 Å². The van der Waals surface area contributed by atoms with E-state index in [4.69, 9.17) is 4.74 Å². The van der Waals surface area contributed by atoms with E-state index in [1.165, 1.54) is 24.4 Å². The van der Waals surface area contributed by atoms with E-state index < -0.39 is 17.4 Å². The van der Waals surface area contributed by atoms with Crippen LogP contribution < -0.4 is 21.0 Å². The molecule has 0 unspecified atom stereocenters. The van der Waals surface area contributed by atoms with Crippen molar-refractivity contribution in [1.82, 2.24) is 15.8 Å². The first kappa shape index (κ1) is 21.2. The highest BCUT2D eigenvalue weighted by atomic mass is 16.5. The van der Waals surface area contributed by atoms with Crippen LogP contribution in [0.15, 0.2) is 35.4 Å². The molecule has 1 aliphatic heterocycles. The molecule has 0 saturated heterocycles. The molecular weight excluding hydrogens is 383 g/mol. The summed E-state index contributed by atoms with van der Waals surface area (Å²) in [6.07, 6.45) is 1.45. The number of hydrazone groups is 1. The summed E-state index contributed by atoms with van der Waals surface area (Å²) in [6.45, 7) is 7.14. The molecular formula is C21H24BN4O4. The second-order valence-electron chi connectivity index (χ2n) is 7.88. The number of aromatic hydroxyl groups is 1. The highest BCUT2D eigenvalue weighted by Gasteiger charge is 2.32. The predicted octanol–water partition coefficient (Wildman–Crippen LogP) is 1.48. The number of hydrogen-bond acceptors (Lipinski definition) is 6. The molecule has 2 amide bonds. The van der Waals surface area contributed by atoms with E-state index in [2.05, 4.69) is 15.9 Å². The van der Waals surface area contributed by atoms with Crippen LogP contribution in [0.5, 0.6) is 11.5 Å². The number of carbonyl (C=O) groups excluding carboxylic acids is 2. The first-order valence-corrected chi connectivity index (χ1v) is 9.42. The smallest absolute Gasteiger partial charge is 0.305 e. The molecule has 1 heterocycles. The van der Waals surface area contributed by atoms with Crippen molar-refractivity contribution in [3.8, 4) is 11.5 Å². The molecule has 0 fully saturated rings. The highest BCUT2D eigenvalue weighted by Crippen LogP contribution is 2.26. The van der Waals surface area contributed by atoms with Crippen LogP contribution in [0.2, 0.25) is 0 Å². The SMILES string of the molecule is COc1cccc(C(=O)NN(C(=O)c2ccc3c(c2O)C=NN[B]3)C(C)(C)C)c1C. The number of methoxy groups -OCH3 is 1. The average Bonchev–Trinajstić information content (AvgIpc) is 2.71. The largest absolute Gasteiger partial charge is 0.506 e. The molecule has 1 aliphatic rings. The fraction of sp³-hybridized carbons (Fsp3) is 0.286. The molecule has 0 aromatic heterocycles. The first-order valence-electron chi connectivity index (χ1n) is 9.42. The Kier molecular flexibility index (Phi) is 5.73. The summed E-state index contributed by atoms with van der Waals surface area (Å²) >= 11 is 0. The minimum atomic E-state index is -0.760. The number of benzene rings is 2. The fourth-order valence-corrected chi connectivity index (χ4v) is 3.15. The summed E-state index contributed by atoms with van der Waals surface area (Å²) < 4.78 is 5.28. The molecule has 0 saturated carbocycles. The maximum Gasteiger partial charge on any atom is 0.305 e. The van der Waals surface area contributed by atoms with Crippen molar-refractivity contribution in [2.75, 3.05) is 7.11 Å². The van der Waals surface area contributed by atoms with Crippen LogP contribution in [0.1, 0.15) is 52.6 Å². The first-order chi connectivity index (χ1) is 14.1. The highest BCUT2D eigenvalue weighted by molar-refractivity contribution is 6.53. The molecule has 0 bridgehead atoms. The molecule has 30 heavy (non-hydrogen) atoms. The number of nitrogens with one attached hydrogen (secondary N) is 2. The number of hydrogen-bond donors (Lipinski definition) is 3. The molecule has 155 valence electrons. The second-order valence-corrected chi connectivity index (χ2v) is 7.88. The van der Waals surface area contributed by atoms with Crippen molar-refractivity contribution in [3.63, 3.8) is 0 Å². The van der Waals surface area contributed by atoms with Crippen LogP contribution in [-0.2, 0) is 0 Å². The van der Waals surface area contributed by atoms with Gasteiger partial charge in [0.1, 0.15) is 11.5 Å². The Hall–Kier alpha value is -3.49. The normalized spacial score (nSPS) is 12.3. The number of phenols is 1. The lowest BCUT2D eigenvalue weighted by atomic mass is 9.78. The van der Waals surface area contributed by atoms with Crippen LogP contribution in [-0.4, -0.2) is 48.2 Å². The summed E-state index contributed by atoms with van der Waals surface area (Å²) in [4.78, 5) is 26.3. The Morgan fingerprint density at radius 1 is 1.20 bits per heavy atom. The lowest BCUT2D eigenvalue weighted by Gasteiger charge is -2.36. The number of fused-ring (bicyclic) bond motifs is 1. The monoisotopic (exact) mass is 407 g/mol. The Bertz CT molecular complexity index is 1030. The van der Waals surface area contributed by atoms with Gasteiger partial charge in [0, 0.05) is 16.7 Å². The van der Waals surface area contributed by atoms with Crippen molar-refractivity contribution < 1.29 is 19.4 Å². The number of hydrazine groups is 1. The molecule has 0 spiro atoms. The van der Waals surface area contributed by atoms with Crippen LogP contribution in [0.4, 0.5) is 0 Å². The van der Waals surface area contributed by atoms with Crippen molar-refractivity contribution in [2.24, 2.45) is 5.10 Å². The zero-order valence-corrected chi connectivity index (χ0v) is 17.6. The standard InChI is InChI=1S/C21H24BN4O4/c1-12-13(7-6-8-17(12)30-5)19(28)24-26(21(2,3)4)20(29)14-9-10-16-15(18(14)27)11-23-25-22-16/h6-11,25,27H,1-5H3,(H,24,28). The van der Waals surface area contributed by atoms with Gasteiger partial charge in [0.15, 0.2) is 0 Å². The maximum atomic E-state index is 13.3. The second kappa shape index (κ2) is 8.10. The van der Waals surface area contributed by atoms with Gasteiger partial charge in [-0.05, 0) is 51.4 Å². The van der Waals surface area contributed by atoms with E-state index in [9.17, 15) is 14.7 Å². The van der Waals surface area contributed by atoms with Gasteiger partial charge in [-0.15, -0.1) is 0 Å². The molecule has 3 rings (SSSR count). The minimum absolute atomic E-state index is 0.0630. The van der Waals surface area contributed by atoms with Gasteiger partial charge in [0.25, 0.3) is 11.8 Å². The third kappa shape index (κ3) is 3.96. The molecule has 2 aromatic rings. The van der Waals surface area contributed by atoms with E-state index >= 15 is 0 Å². The molecule has 3 N–H and O–H groups in total. The third-order valence-electron chi connectivity index (χ3n) is 4.81. The zero-order valence-electron chi connectivity index (χ0n) is 17.6. The molecule has 8 nitrogen and oxygen atoms in total. The number of amides is 2. The number of ether oxygens (including phenoxy) is 1. The Balaban J connectivity index is 1.96. The summed E-state index contributed by atoms with van der Waals surface area (Å²) in [6, 6.07) is 8.36. The summed E-state index contributed by atoms with van der Waals surface area (Å²) in [5, 5.41) is 18.5. The number of phenolic OH excluding ortho intramolecular Hbond substituents is 1. The van der Waals surface area contributed by atoms with E-state index in [1.54, 1.807) is 59.4 Å². The van der Waals surface area contributed by atoms with E-state index in [-0.39, 0.29) is 11.3 Å². The summed E-state index contributed by atoms with van der Waals surface area (Å²) in [5.74, 6) is -0.609. The van der Waals surface area contributed by atoms with E-state index in [0.717, 1.165) is 0 Å². The number of carbonyl (C=O) groups is 2. The van der Waals surface area contributed by atoms with Gasteiger partial charge in [-0.3, -0.25) is 15.0 Å². The van der Waals surface area contributed by atoms with Gasteiger partial charge in [-0.2, -0.15) is 0 Å². The molecule has 0 atom stereocenters. The predicted molar refractivity (Wildman–Crippen MR) is 115 cm³/mol. The van der Waals surface area contributed by atoms with Gasteiger partial charge in [-0.25, -0.2) is 10.1 Å². The van der Waals surface area contributed by atoms with Gasteiger partial charge < -0.3 is 15.2 Å². The van der Waals surface area contributed by atoms with Crippen molar-refractivity contribution in [2.45, 2.75) is 33.2 Å². The van der Waals surface area contributed by atoms with Crippen LogP contribution in [0.25, 0.3) is 0 Å². The van der Waals surface area contributed by atoms with Gasteiger partial charge in [0.05, 0.1) is 24.4 Å². The molecule has 0 aliphatic carbocycles. The van der Waals surface area contributed by atoms with Crippen molar-refractivity contribution >= 4 is 30.9 Å². The quantitative estimate of drug-likeness (QED) is 0.528. The minimum Gasteiger partial charge on any atom is -0.506 e. The average molecular weight is 407 g/mol. The number of nitrogens with zero attached hydrogens (tertiary/aromatic N) is 2. The lowest BCUT2D eigenvalue weighted by Crippen LogP contribution is -2.56. The Morgan fingerprint density at radius 3 is 2.60 bits per heavy atom. The van der Waals surface area contributed by atoms with E-state index in [1.807, 2.05) is 0 Å². The van der Waals surface area contributed by atoms with Crippen molar-refractivity contribution in [3.05, 3.63) is 52.6 Å². The van der Waals surface area contributed by atoms with Crippen LogP contribution in [0, 0.1) is 6.92 Å². The molecule has 2 aromatic carbocycles. The van der Waals surface area contributed by atoms with Crippen molar-refractivity contribution in [1.29, 1.82) is 0 Å². The van der Waals surface area contributed by atoms with Gasteiger partial charge in [-0.1, -0.05) is 12.1 Å². The number of rotatable bonds is 3. The topological polar surface area (TPSA) is 103 Å². The zero-order chi connectivity index (χ0) is 22.1. The maximum absolute atomic E-state index is 13.3. The summed E-state index contributed by atoms with van der Waals surface area (Å²) in [7, 11) is 3.16. The molecule has 1 radical (unpaired) electrons.